The summed E-state index contributed by atoms with van der Waals surface area (Å²) in [5.41, 5.74) is 7.14. The van der Waals surface area contributed by atoms with Crippen molar-refractivity contribution >= 4 is 23.4 Å². The summed E-state index contributed by atoms with van der Waals surface area (Å²) in [6, 6.07) is 17.0. The van der Waals surface area contributed by atoms with Gasteiger partial charge in [-0.1, -0.05) is 42.5 Å². The highest BCUT2D eigenvalue weighted by Crippen LogP contribution is 2.33. The number of hydrogen-bond acceptors (Lipinski definition) is 6. The number of nitrogens with two attached hydrogens (primary N) is 1. The van der Waals surface area contributed by atoms with E-state index in [1.54, 1.807) is 23.1 Å². The molecule has 1 atom stereocenters. The quantitative estimate of drug-likeness (QED) is 0.623. The standard InChI is InChI=1S/C24H29N5O4/c25-24(32)21-15-29(19-8-4-5-9-20(19)33-21)23(31)17-28-12-10-27(11-13-28)16-22(30)26-14-18-6-2-1-3-7-18/h1-9,21H,10-17H2,(H2,25,32)(H,26,30). The van der Waals surface area contributed by atoms with Gasteiger partial charge in [0, 0.05) is 32.7 Å². The van der Waals surface area contributed by atoms with Crippen molar-refractivity contribution < 1.29 is 19.1 Å². The third-order valence-electron chi connectivity index (χ3n) is 5.92. The van der Waals surface area contributed by atoms with Crippen LogP contribution < -0.4 is 20.7 Å². The number of carbonyl (C=O) groups excluding carboxylic acids is 3. The van der Waals surface area contributed by atoms with E-state index in [2.05, 4.69) is 15.1 Å². The molecule has 4 rings (SSSR count). The van der Waals surface area contributed by atoms with Crippen LogP contribution in [-0.4, -0.2) is 79.4 Å². The summed E-state index contributed by atoms with van der Waals surface area (Å²) < 4.78 is 5.64. The zero-order valence-corrected chi connectivity index (χ0v) is 18.5. The van der Waals surface area contributed by atoms with Crippen molar-refractivity contribution in [3.8, 4) is 5.75 Å². The second kappa shape index (κ2) is 10.5. The van der Waals surface area contributed by atoms with E-state index in [1.165, 1.54) is 0 Å². The van der Waals surface area contributed by atoms with Gasteiger partial charge < -0.3 is 20.7 Å². The normalized spacial score (nSPS) is 18.8. The van der Waals surface area contributed by atoms with E-state index in [0.29, 0.717) is 50.7 Å². The van der Waals surface area contributed by atoms with Gasteiger partial charge in [-0.05, 0) is 17.7 Å². The van der Waals surface area contributed by atoms with E-state index in [9.17, 15) is 14.4 Å². The summed E-state index contributed by atoms with van der Waals surface area (Å²) >= 11 is 0. The smallest absolute Gasteiger partial charge is 0.260 e. The van der Waals surface area contributed by atoms with Crippen molar-refractivity contribution in [2.24, 2.45) is 5.73 Å². The van der Waals surface area contributed by atoms with Crippen LogP contribution in [0.4, 0.5) is 5.69 Å². The first-order chi connectivity index (χ1) is 16.0. The van der Waals surface area contributed by atoms with Gasteiger partial charge in [0.25, 0.3) is 5.91 Å². The average molecular weight is 452 g/mol. The molecule has 2 aliphatic heterocycles. The Hall–Kier alpha value is -3.43. The lowest BCUT2D eigenvalue weighted by molar-refractivity contribution is -0.126. The molecule has 2 heterocycles. The van der Waals surface area contributed by atoms with Gasteiger partial charge in [-0.3, -0.25) is 24.2 Å². The van der Waals surface area contributed by atoms with Crippen LogP contribution in [0.3, 0.4) is 0 Å². The Morgan fingerprint density at radius 1 is 0.909 bits per heavy atom. The molecule has 1 fully saturated rings. The number of anilines is 1. The molecule has 0 radical (unpaired) electrons. The predicted molar refractivity (Wildman–Crippen MR) is 124 cm³/mol. The van der Waals surface area contributed by atoms with Crippen molar-refractivity contribution in [3.05, 3.63) is 60.2 Å². The van der Waals surface area contributed by atoms with Crippen LogP contribution in [-0.2, 0) is 20.9 Å². The molecule has 9 heteroatoms. The first-order valence-corrected chi connectivity index (χ1v) is 11.1. The van der Waals surface area contributed by atoms with Gasteiger partial charge in [-0.15, -0.1) is 0 Å². The lowest BCUT2D eigenvalue weighted by atomic mass is 10.1. The van der Waals surface area contributed by atoms with E-state index < -0.39 is 12.0 Å². The van der Waals surface area contributed by atoms with Gasteiger partial charge in [0.1, 0.15) is 5.75 Å². The van der Waals surface area contributed by atoms with Crippen LogP contribution in [0.5, 0.6) is 5.75 Å². The minimum atomic E-state index is -0.866. The van der Waals surface area contributed by atoms with Crippen LogP contribution in [0.2, 0.25) is 0 Å². The van der Waals surface area contributed by atoms with Crippen LogP contribution >= 0.6 is 0 Å². The third-order valence-corrected chi connectivity index (χ3v) is 5.92. The Kier molecular flexibility index (Phi) is 7.21. The van der Waals surface area contributed by atoms with Crippen molar-refractivity contribution in [1.82, 2.24) is 15.1 Å². The molecule has 2 aromatic carbocycles. The lowest BCUT2D eigenvalue weighted by Crippen LogP contribution is -2.54. The molecule has 0 bridgehead atoms. The highest BCUT2D eigenvalue weighted by molar-refractivity contribution is 5.98. The number of hydrogen-bond donors (Lipinski definition) is 2. The fraction of sp³-hybridized carbons (Fsp3) is 0.375. The number of fused-ring (bicyclic) bond motifs is 1. The van der Waals surface area contributed by atoms with E-state index in [4.69, 9.17) is 10.5 Å². The highest BCUT2D eigenvalue weighted by atomic mass is 16.5. The average Bonchev–Trinajstić information content (AvgIpc) is 2.84. The Morgan fingerprint density at radius 3 is 2.24 bits per heavy atom. The molecule has 9 nitrogen and oxygen atoms in total. The molecular formula is C24H29N5O4. The van der Waals surface area contributed by atoms with Gasteiger partial charge in [0.2, 0.25) is 11.8 Å². The first kappa shape index (κ1) is 22.8. The molecular weight excluding hydrogens is 422 g/mol. The maximum atomic E-state index is 13.1. The van der Waals surface area contributed by atoms with Crippen molar-refractivity contribution in [1.29, 1.82) is 0 Å². The van der Waals surface area contributed by atoms with E-state index in [1.807, 2.05) is 36.4 Å². The van der Waals surface area contributed by atoms with Crippen LogP contribution in [0.1, 0.15) is 5.56 Å². The van der Waals surface area contributed by atoms with Crippen molar-refractivity contribution in [3.63, 3.8) is 0 Å². The number of primary amides is 1. The Balaban J connectivity index is 1.25. The largest absolute Gasteiger partial charge is 0.477 e. The number of piperazine rings is 1. The number of ether oxygens (including phenoxy) is 1. The Morgan fingerprint density at radius 2 is 1.55 bits per heavy atom. The third kappa shape index (κ3) is 5.88. The summed E-state index contributed by atoms with van der Waals surface area (Å²) in [5.74, 6) is -0.231. The molecule has 0 saturated carbocycles. The molecule has 174 valence electrons. The van der Waals surface area contributed by atoms with Gasteiger partial charge in [0.05, 0.1) is 25.3 Å². The molecule has 1 saturated heterocycles. The van der Waals surface area contributed by atoms with Crippen molar-refractivity contribution in [2.75, 3.05) is 50.7 Å². The summed E-state index contributed by atoms with van der Waals surface area (Å²) in [4.78, 5) is 42.8. The lowest BCUT2D eigenvalue weighted by Gasteiger charge is -2.37. The maximum absolute atomic E-state index is 13.1. The van der Waals surface area contributed by atoms with E-state index >= 15 is 0 Å². The topological polar surface area (TPSA) is 108 Å². The molecule has 3 N–H and O–H groups in total. The number of nitrogens with zero attached hydrogens (tertiary/aromatic N) is 3. The number of nitrogens with one attached hydrogen (secondary N) is 1. The molecule has 0 aromatic heterocycles. The molecule has 2 aliphatic rings. The SMILES string of the molecule is NC(=O)C1CN(C(=O)CN2CCN(CC(=O)NCc3ccccc3)CC2)c2ccccc2O1. The fourth-order valence-electron chi connectivity index (χ4n) is 4.06. The molecule has 0 aliphatic carbocycles. The Labute approximate surface area is 193 Å². The number of para-hydroxylation sites is 2. The predicted octanol–water partition coefficient (Wildman–Crippen LogP) is 0.200. The summed E-state index contributed by atoms with van der Waals surface area (Å²) in [7, 11) is 0. The summed E-state index contributed by atoms with van der Waals surface area (Å²) in [5, 5.41) is 2.95. The highest BCUT2D eigenvalue weighted by Gasteiger charge is 2.33. The van der Waals surface area contributed by atoms with E-state index in [-0.39, 0.29) is 24.9 Å². The molecule has 1 unspecified atom stereocenters. The van der Waals surface area contributed by atoms with Crippen LogP contribution in [0.25, 0.3) is 0 Å². The second-order valence-electron chi connectivity index (χ2n) is 8.30. The molecule has 2 aromatic rings. The number of benzene rings is 2. The first-order valence-electron chi connectivity index (χ1n) is 11.1. The van der Waals surface area contributed by atoms with Crippen LogP contribution in [0.15, 0.2) is 54.6 Å². The zero-order chi connectivity index (χ0) is 23.2. The molecule has 0 spiro atoms. The van der Waals surface area contributed by atoms with Gasteiger partial charge in [-0.25, -0.2) is 0 Å². The zero-order valence-electron chi connectivity index (χ0n) is 18.5. The van der Waals surface area contributed by atoms with Crippen LogP contribution in [0, 0.1) is 0 Å². The minimum Gasteiger partial charge on any atom is -0.477 e. The molecule has 33 heavy (non-hydrogen) atoms. The van der Waals surface area contributed by atoms with Gasteiger partial charge >= 0.3 is 0 Å². The monoisotopic (exact) mass is 451 g/mol. The van der Waals surface area contributed by atoms with Gasteiger partial charge in [-0.2, -0.15) is 0 Å². The molecule has 3 amide bonds. The van der Waals surface area contributed by atoms with Crippen molar-refractivity contribution in [2.45, 2.75) is 12.6 Å². The summed E-state index contributed by atoms with van der Waals surface area (Å²) in [6.07, 6.45) is -0.866. The summed E-state index contributed by atoms with van der Waals surface area (Å²) in [6.45, 7) is 3.96. The number of carbonyl (C=O) groups is 3. The van der Waals surface area contributed by atoms with Gasteiger partial charge in [0.15, 0.2) is 6.10 Å². The minimum absolute atomic E-state index is 0.00852. The van der Waals surface area contributed by atoms with E-state index in [0.717, 1.165) is 5.56 Å². The number of rotatable bonds is 7. The Bertz CT molecular complexity index is 991. The second-order valence-corrected chi connectivity index (χ2v) is 8.30. The fourth-order valence-corrected chi connectivity index (χ4v) is 4.06. The maximum Gasteiger partial charge on any atom is 0.260 e. The number of amides is 3.